The van der Waals surface area contributed by atoms with E-state index in [9.17, 15) is 4.79 Å². The van der Waals surface area contributed by atoms with Gasteiger partial charge in [-0.3, -0.25) is 4.90 Å². The first-order valence-electron chi connectivity index (χ1n) is 6.22. The number of hydrogen-bond acceptors (Lipinski definition) is 3. The zero-order valence-electron chi connectivity index (χ0n) is 10.4. The molecule has 1 aliphatic heterocycles. The number of rotatable bonds is 4. The summed E-state index contributed by atoms with van der Waals surface area (Å²) in [5.74, 6) is 0. The van der Waals surface area contributed by atoms with E-state index in [2.05, 4.69) is 41.1 Å². The minimum atomic E-state index is 0.426. The molecule has 92 valence electrons. The third-order valence-corrected chi connectivity index (χ3v) is 3.41. The lowest BCUT2D eigenvalue weighted by molar-refractivity contribution is -0.108. The summed E-state index contributed by atoms with van der Waals surface area (Å²) in [5.41, 5.74) is 1.35. The van der Waals surface area contributed by atoms with Gasteiger partial charge in [0.25, 0.3) is 0 Å². The van der Waals surface area contributed by atoms with Crippen LogP contribution in [0.25, 0.3) is 0 Å². The predicted molar refractivity (Wildman–Crippen MR) is 68.9 cm³/mol. The van der Waals surface area contributed by atoms with Crippen LogP contribution in [-0.4, -0.2) is 49.3 Å². The molecule has 1 unspecified atom stereocenters. The Hall–Kier alpha value is -1.19. The molecule has 0 spiro atoms. The molecular weight excluding hydrogens is 212 g/mol. The van der Waals surface area contributed by atoms with E-state index >= 15 is 0 Å². The van der Waals surface area contributed by atoms with Crippen LogP contribution < -0.4 is 0 Å². The lowest BCUT2D eigenvalue weighted by Gasteiger charge is -2.40. The van der Waals surface area contributed by atoms with Gasteiger partial charge in [0.2, 0.25) is 0 Å². The average Bonchev–Trinajstić information content (AvgIpc) is 2.38. The molecule has 1 aliphatic rings. The highest BCUT2D eigenvalue weighted by Gasteiger charge is 2.25. The molecule has 0 aromatic heterocycles. The highest BCUT2D eigenvalue weighted by molar-refractivity contribution is 5.49. The summed E-state index contributed by atoms with van der Waals surface area (Å²) in [6.45, 7) is 4.05. The van der Waals surface area contributed by atoms with Gasteiger partial charge in [-0.2, -0.15) is 0 Å². The standard InChI is InChI=1S/C14H20N2O/c1-15-9-10-16(8-5-11-17)14(12-15)13-6-3-2-4-7-13/h2-4,6-7,11,14H,5,8-10,12H2,1H3. The number of carbonyl (C=O) groups is 1. The second-order valence-corrected chi connectivity index (χ2v) is 4.68. The van der Waals surface area contributed by atoms with Crippen molar-refractivity contribution in [1.82, 2.24) is 9.80 Å². The highest BCUT2D eigenvalue weighted by Crippen LogP contribution is 2.24. The molecule has 0 radical (unpaired) electrons. The normalized spacial score (nSPS) is 22.5. The molecule has 1 heterocycles. The smallest absolute Gasteiger partial charge is 0.121 e. The Kier molecular flexibility index (Phi) is 4.29. The predicted octanol–water partition coefficient (Wildman–Crippen LogP) is 1.56. The number of likely N-dealkylation sites (N-methyl/N-ethyl adjacent to an activating group) is 1. The zero-order chi connectivity index (χ0) is 12.1. The van der Waals surface area contributed by atoms with Gasteiger partial charge in [-0.05, 0) is 12.6 Å². The van der Waals surface area contributed by atoms with E-state index < -0.39 is 0 Å². The van der Waals surface area contributed by atoms with Gasteiger partial charge >= 0.3 is 0 Å². The molecule has 0 aliphatic carbocycles. The summed E-state index contributed by atoms with van der Waals surface area (Å²) in [4.78, 5) is 15.3. The lowest BCUT2D eigenvalue weighted by Crippen LogP contribution is -2.47. The molecule has 17 heavy (non-hydrogen) atoms. The molecule has 1 atom stereocenters. The van der Waals surface area contributed by atoms with Crippen molar-refractivity contribution in [3.63, 3.8) is 0 Å². The van der Waals surface area contributed by atoms with E-state index in [1.165, 1.54) is 5.56 Å². The van der Waals surface area contributed by atoms with Crippen LogP contribution in [0, 0.1) is 0 Å². The first-order valence-corrected chi connectivity index (χ1v) is 6.22. The maximum Gasteiger partial charge on any atom is 0.121 e. The van der Waals surface area contributed by atoms with Gasteiger partial charge in [0.05, 0.1) is 0 Å². The van der Waals surface area contributed by atoms with E-state index in [-0.39, 0.29) is 0 Å². The molecule has 1 saturated heterocycles. The Labute approximate surface area is 103 Å². The van der Waals surface area contributed by atoms with Crippen LogP contribution in [0.2, 0.25) is 0 Å². The van der Waals surface area contributed by atoms with Crippen molar-refractivity contribution in [2.75, 3.05) is 33.2 Å². The van der Waals surface area contributed by atoms with Crippen molar-refractivity contribution in [2.24, 2.45) is 0 Å². The molecule has 0 saturated carbocycles. The number of hydrogen-bond donors (Lipinski definition) is 0. The molecule has 3 heteroatoms. The average molecular weight is 232 g/mol. The first-order chi connectivity index (χ1) is 8.31. The van der Waals surface area contributed by atoms with Crippen LogP contribution in [-0.2, 0) is 4.79 Å². The molecule has 0 amide bonds. The van der Waals surface area contributed by atoms with Crippen molar-refractivity contribution in [1.29, 1.82) is 0 Å². The fraction of sp³-hybridized carbons (Fsp3) is 0.500. The quantitative estimate of drug-likeness (QED) is 0.736. The van der Waals surface area contributed by atoms with Crippen LogP contribution in [0.3, 0.4) is 0 Å². The number of nitrogens with zero attached hydrogens (tertiary/aromatic N) is 2. The van der Waals surface area contributed by atoms with Crippen LogP contribution in [0.1, 0.15) is 18.0 Å². The van der Waals surface area contributed by atoms with Crippen molar-refractivity contribution in [2.45, 2.75) is 12.5 Å². The van der Waals surface area contributed by atoms with Gasteiger partial charge in [0, 0.05) is 38.6 Å². The Morgan fingerprint density at radius 3 is 2.76 bits per heavy atom. The molecule has 0 bridgehead atoms. The summed E-state index contributed by atoms with van der Waals surface area (Å²) in [6.07, 6.45) is 1.65. The van der Waals surface area contributed by atoms with E-state index in [1.54, 1.807) is 0 Å². The topological polar surface area (TPSA) is 23.6 Å². The fourth-order valence-corrected chi connectivity index (χ4v) is 2.43. The van der Waals surface area contributed by atoms with E-state index in [0.29, 0.717) is 12.5 Å². The summed E-state index contributed by atoms with van der Waals surface area (Å²) in [6, 6.07) is 11.0. The van der Waals surface area contributed by atoms with Gasteiger partial charge in [-0.1, -0.05) is 30.3 Å². The number of aldehydes is 1. The Morgan fingerprint density at radius 1 is 1.29 bits per heavy atom. The maximum absolute atomic E-state index is 10.5. The van der Waals surface area contributed by atoms with Crippen LogP contribution in [0.5, 0.6) is 0 Å². The number of piperazine rings is 1. The summed E-state index contributed by atoms with van der Waals surface area (Å²) in [7, 11) is 2.16. The van der Waals surface area contributed by atoms with E-state index in [0.717, 1.165) is 32.5 Å². The van der Waals surface area contributed by atoms with E-state index in [1.807, 2.05) is 6.07 Å². The van der Waals surface area contributed by atoms with Gasteiger partial charge in [0.15, 0.2) is 0 Å². The van der Waals surface area contributed by atoms with Crippen molar-refractivity contribution >= 4 is 6.29 Å². The third-order valence-electron chi connectivity index (χ3n) is 3.41. The Bertz CT molecular complexity index is 352. The monoisotopic (exact) mass is 232 g/mol. The second kappa shape index (κ2) is 5.94. The molecule has 1 aromatic rings. The van der Waals surface area contributed by atoms with Gasteiger partial charge < -0.3 is 9.69 Å². The largest absolute Gasteiger partial charge is 0.303 e. The van der Waals surface area contributed by atoms with Crippen LogP contribution in [0.15, 0.2) is 30.3 Å². The third kappa shape index (κ3) is 3.14. The summed E-state index contributed by atoms with van der Waals surface area (Å²) < 4.78 is 0. The van der Waals surface area contributed by atoms with E-state index in [4.69, 9.17) is 0 Å². The SMILES string of the molecule is CN1CCN(CCC=O)C(c2ccccc2)C1. The molecule has 3 nitrogen and oxygen atoms in total. The summed E-state index contributed by atoms with van der Waals surface area (Å²) in [5, 5.41) is 0. The van der Waals surface area contributed by atoms with Gasteiger partial charge in [-0.15, -0.1) is 0 Å². The first kappa shape index (κ1) is 12.3. The fourth-order valence-electron chi connectivity index (χ4n) is 2.43. The summed E-state index contributed by atoms with van der Waals surface area (Å²) >= 11 is 0. The number of carbonyl (C=O) groups excluding carboxylic acids is 1. The van der Waals surface area contributed by atoms with Crippen molar-refractivity contribution < 1.29 is 4.79 Å². The molecular formula is C14H20N2O. The van der Waals surface area contributed by atoms with Crippen LogP contribution >= 0.6 is 0 Å². The zero-order valence-corrected chi connectivity index (χ0v) is 10.4. The van der Waals surface area contributed by atoms with Gasteiger partial charge in [-0.25, -0.2) is 0 Å². The second-order valence-electron chi connectivity index (χ2n) is 4.68. The van der Waals surface area contributed by atoms with Gasteiger partial charge in [0.1, 0.15) is 6.29 Å². The molecule has 1 aromatic carbocycles. The lowest BCUT2D eigenvalue weighted by atomic mass is 10.0. The van der Waals surface area contributed by atoms with Crippen molar-refractivity contribution in [3.8, 4) is 0 Å². The molecule has 0 N–H and O–H groups in total. The maximum atomic E-state index is 10.5. The molecule has 2 rings (SSSR count). The number of benzene rings is 1. The minimum absolute atomic E-state index is 0.426. The Morgan fingerprint density at radius 2 is 2.06 bits per heavy atom. The Balaban J connectivity index is 2.11. The minimum Gasteiger partial charge on any atom is -0.303 e. The highest BCUT2D eigenvalue weighted by atomic mass is 16.1. The van der Waals surface area contributed by atoms with Crippen LogP contribution in [0.4, 0.5) is 0 Å². The molecule has 1 fully saturated rings. The van der Waals surface area contributed by atoms with Crippen molar-refractivity contribution in [3.05, 3.63) is 35.9 Å².